The lowest BCUT2D eigenvalue weighted by atomic mass is 9.62. The number of nitrogens with one attached hydrogen (secondary N) is 1. The fourth-order valence-electron chi connectivity index (χ4n) is 7.68. The van der Waals surface area contributed by atoms with Crippen molar-refractivity contribution in [2.45, 2.75) is 39.5 Å². The van der Waals surface area contributed by atoms with Gasteiger partial charge in [0.15, 0.2) is 0 Å². The van der Waals surface area contributed by atoms with Gasteiger partial charge in [0.1, 0.15) is 5.58 Å². The largest absolute Gasteiger partial charge is 0.469 e. The number of rotatable bonds is 8. The van der Waals surface area contributed by atoms with Gasteiger partial charge in [-0.1, -0.05) is 111 Å². The molecule has 2 aromatic heterocycles. The molecule has 0 atom stereocenters. The Bertz CT molecular complexity index is 2470. The second kappa shape index (κ2) is 11.6. The molecule has 4 heteroatoms. The molecule has 0 fully saturated rings. The van der Waals surface area contributed by atoms with Gasteiger partial charge in [0.2, 0.25) is 7.28 Å². The van der Waals surface area contributed by atoms with Gasteiger partial charge >= 0.3 is 0 Å². The van der Waals surface area contributed by atoms with Gasteiger partial charge in [0, 0.05) is 38.6 Å². The predicted octanol–water partition coefficient (Wildman–Crippen LogP) is 10.6. The Morgan fingerprint density at radius 1 is 0.708 bits per heavy atom. The van der Waals surface area contributed by atoms with Gasteiger partial charge in [-0.2, -0.15) is 0 Å². The molecule has 0 spiro atoms. The molecule has 1 radical (unpaired) electrons. The summed E-state index contributed by atoms with van der Waals surface area (Å²) in [6.45, 7) is 4.51. The lowest BCUT2D eigenvalue weighted by Gasteiger charge is -2.22. The summed E-state index contributed by atoms with van der Waals surface area (Å²) >= 11 is 0. The van der Waals surface area contributed by atoms with E-state index < -0.39 is 0 Å². The zero-order valence-corrected chi connectivity index (χ0v) is 27.4. The molecular weight excluding hydrogens is 583 g/mol. The number of unbranched alkanes of at least 4 members (excludes halogenated alkanes) is 2. The minimum atomic E-state index is 0.888. The number of hydrogen-bond acceptors (Lipinski definition) is 2. The van der Waals surface area contributed by atoms with Gasteiger partial charge in [-0.25, -0.2) is 0 Å². The summed E-state index contributed by atoms with van der Waals surface area (Å²) in [6, 6.07) is 46.0. The van der Waals surface area contributed by atoms with E-state index in [2.05, 4.69) is 158 Å². The van der Waals surface area contributed by atoms with Crippen LogP contribution in [0.15, 0.2) is 132 Å². The molecule has 6 aromatic carbocycles. The van der Waals surface area contributed by atoms with Crippen LogP contribution in [0.25, 0.3) is 60.7 Å². The van der Waals surface area contributed by atoms with Crippen molar-refractivity contribution in [3.8, 4) is 27.9 Å². The third-order valence-electron chi connectivity index (χ3n) is 9.99. The number of benzene rings is 6. The molecule has 0 saturated heterocycles. The fourth-order valence-corrected chi connectivity index (χ4v) is 7.68. The van der Waals surface area contributed by atoms with E-state index in [1.165, 1.54) is 79.9 Å². The first kappa shape index (κ1) is 28.7. The van der Waals surface area contributed by atoms with Crippen molar-refractivity contribution in [2.75, 3.05) is 5.32 Å². The maximum atomic E-state index is 6.69. The van der Waals surface area contributed by atoms with E-state index in [1.54, 1.807) is 0 Å². The number of anilines is 2. The van der Waals surface area contributed by atoms with Crippen LogP contribution in [0.1, 0.15) is 37.3 Å². The molecule has 0 saturated carbocycles. The van der Waals surface area contributed by atoms with Crippen molar-refractivity contribution in [1.29, 1.82) is 0 Å². The van der Waals surface area contributed by atoms with E-state index in [9.17, 15) is 0 Å². The molecule has 3 nitrogen and oxygen atoms in total. The Labute approximate surface area is 282 Å². The number of aromatic nitrogens is 1. The molecule has 1 N–H and O–H groups in total. The minimum absolute atomic E-state index is 0.888. The summed E-state index contributed by atoms with van der Waals surface area (Å²) in [4.78, 5) is 0. The van der Waals surface area contributed by atoms with Crippen LogP contribution in [0.5, 0.6) is 0 Å². The van der Waals surface area contributed by atoms with Gasteiger partial charge in [0.05, 0.1) is 16.9 Å². The van der Waals surface area contributed by atoms with E-state index in [0.29, 0.717) is 0 Å². The van der Waals surface area contributed by atoms with Crippen LogP contribution in [0.3, 0.4) is 0 Å². The Morgan fingerprint density at radius 2 is 1.50 bits per heavy atom. The molecule has 3 heterocycles. The first-order valence-corrected chi connectivity index (χ1v) is 17.2. The summed E-state index contributed by atoms with van der Waals surface area (Å²) < 4.78 is 9.15. The summed E-state index contributed by atoms with van der Waals surface area (Å²) in [7, 11) is 2.27. The average molecular weight is 620 g/mol. The standard InChI is InChI=1S/C44H36BN2O/c1-3-4-6-13-29-20-23-32(24-21-29)46-37-18-11-9-16-33(37)35-26-28(2)40-34-17-10-12-19-38(34)47-42-36-27-31(30-14-7-5-8-15-30)22-25-39(36)48-44(42)45-41(35)43(40)47/h5,7-12,14-27,46H,3-4,6,13H2,1-2H3. The van der Waals surface area contributed by atoms with Crippen molar-refractivity contribution < 1.29 is 4.42 Å². The number of aryl methyl sites for hydroxylation is 2. The Hall–Kier alpha value is -5.48. The molecule has 8 aromatic rings. The van der Waals surface area contributed by atoms with Crippen LogP contribution >= 0.6 is 0 Å². The van der Waals surface area contributed by atoms with Gasteiger partial charge in [-0.15, -0.1) is 0 Å². The van der Waals surface area contributed by atoms with Gasteiger partial charge in [-0.05, 0) is 89.4 Å². The zero-order chi connectivity index (χ0) is 32.2. The van der Waals surface area contributed by atoms with E-state index >= 15 is 0 Å². The maximum absolute atomic E-state index is 6.69. The first-order chi connectivity index (χ1) is 23.7. The monoisotopic (exact) mass is 619 g/mol. The van der Waals surface area contributed by atoms with Gasteiger partial charge in [-0.3, -0.25) is 0 Å². The number of nitrogens with zero attached hydrogens (tertiary/aromatic N) is 1. The molecule has 1 aliphatic rings. The van der Waals surface area contributed by atoms with E-state index in [-0.39, 0.29) is 0 Å². The minimum Gasteiger partial charge on any atom is -0.469 e. The van der Waals surface area contributed by atoms with Crippen LogP contribution in [0.4, 0.5) is 11.4 Å². The van der Waals surface area contributed by atoms with Crippen LogP contribution in [-0.2, 0) is 6.42 Å². The summed E-state index contributed by atoms with van der Waals surface area (Å²) in [5, 5.41) is 7.44. The van der Waals surface area contributed by atoms with Crippen LogP contribution < -0.4 is 16.4 Å². The topological polar surface area (TPSA) is 30.1 Å². The van der Waals surface area contributed by atoms with Crippen LogP contribution in [0.2, 0.25) is 0 Å². The van der Waals surface area contributed by atoms with Crippen molar-refractivity contribution in [2.24, 2.45) is 0 Å². The Morgan fingerprint density at radius 3 is 2.35 bits per heavy atom. The normalized spacial score (nSPS) is 12.0. The smallest absolute Gasteiger partial charge is 0.247 e. The summed E-state index contributed by atoms with van der Waals surface area (Å²) in [6.07, 6.45) is 4.90. The Kier molecular flexibility index (Phi) is 6.97. The second-order valence-corrected chi connectivity index (χ2v) is 13.1. The number of hydrogen-bond donors (Lipinski definition) is 1. The summed E-state index contributed by atoms with van der Waals surface area (Å²) in [5.74, 6) is 0. The van der Waals surface area contributed by atoms with E-state index in [0.717, 1.165) is 40.1 Å². The van der Waals surface area contributed by atoms with Crippen LogP contribution in [0, 0.1) is 6.92 Å². The average Bonchev–Trinajstić information content (AvgIpc) is 3.67. The first-order valence-electron chi connectivity index (χ1n) is 17.2. The van der Waals surface area contributed by atoms with Crippen molar-refractivity contribution >= 4 is 62.6 Å². The highest BCUT2D eigenvalue weighted by molar-refractivity contribution is 6.73. The molecule has 1 aliphatic heterocycles. The molecular formula is C44H36BN2O. The maximum Gasteiger partial charge on any atom is 0.247 e. The highest BCUT2D eigenvalue weighted by atomic mass is 16.3. The predicted molar refractivity (Wildman–Crippen MR) is 204 cm³/mol. The molecule has 0 amide bonds. The van der Waals surface area contributed by atoms with Crippen molar-refractivity contribution in [3.05, 3.63) is 139 Å². The highest BCUT2D eigenvalue weighted by Crippen LogP contribution is 2.41. The van der Waals surface area contributed by atoms with Crippen molar-refractivity contribution in [3.63, 3.8) is 0 Å². The molecule has 0 bridgehead atoms. The van der Waals surface area contributed by atoms with Crippen molar-refractivity contribution in [1.82, 2.24) is 4.57 Å². The molecule has 231 valence electrons. The third-order valence-corrected chi connectivity index (χ3v) is 9.99. The molecule has 0 aliphatic carbocycles. The molecule has 9 rings (SSSR count). The number of para-hydroxylation sites is 2. The zero-order valence-electron chi connectivity index (χ0n) is 27.4. The van der Waals surface area contributed by atoms with Gasteiger partial charge in [0.25, 0.3) is 0 Å². The molecule has 0 unspecified atom stereocenters. The lowest BCUT2D eigenvalue weighted by molar-refractivity contribution is 0.650. The SMILES string of the molecule is CCCCCc1ccc(Nc2ccccc2-c2cc(C)c3c4ccccc4n4c3c2[B]c2oc3ccc(-c5ccccc5)cc3c2-4)cc1. The second-order valence-electron chi connectivity index (χ2n) is 13.1. The lowest BCUT2D eigenvalue weighted by Crippen LogP contribution is -2.36. The third kappa shape index (κ3) is 4.66. The quantitative estimate of drug-likeness (QED) is 0.136. The fraction of sp³-hybridized carbons (Fsp3) is 0.136. The number of fused-ring (bicyclic) bond motifs is 7. The van der Waals surface area contributed by atoms with E-state index in [1.807, 2.05) is 0 Å². The van der Waals surface area contributed by atoms with Crippen LogP contribution in [-0.4, -0.2) is 11.8 Å². The van der Waals surface area contributed by atoms with Gasteiger partial charge < -0.3 is 14.3 Å². The Balaban J connectivity index is 1.22. The number of furan rings is 1. The molecule has 48 heavy (non-hydrogen) atoms. The van der Waals surface area contributed by atoms with E-state index in [4.69, 9.17) is 4.42 Å². The highest BCUT2D eigenvalue weighted by Gasteiger charge is 2.31. The summed E-state index contributed by atoms with van der Waals surface area (Å²) in [5.41, 5.74) is 16.1.